The van der Waals surface area contributed by atoms with Crippen molar-refractivity contribution in [2.24, 2.45) is 0 Å². The molecule has 2 fully saturated rings. The van der Waals surface area contributed by atoms with Crippen molar-refractivity contribution in [2.45, 2.75) is 38.8 Å². The smallest absolute Gasteiger partial charge is 0.0367 e. The molecule has 0 amide bonds. The second-order valence-electron chi connectivity index (χ2n) is 8.06. The monoisotopic (exact) mass is 363 g/mol. The van der Waals surface area contributed by atoms with Crippen molar-refractivity contribution in [2.75, 3.05) is 44.2 Å². The lowest BCUT2D eigenvalue weighted by Crippen LogP contribution is -2.55. The maximum atomic E-state index is 2.74. The van der Waals surface area contributed by atoms with Gasteiger partial charge in [0.05, 0.1) is 0 Å². The SMILES string of the molecule is CCc1ccc(CN2CCCC(N3CCN(c4ccccc4)CC3)C2)cc1. The Bertz CT molecular complexity index is 689. The molecule has 0 bridgehead atoms. The number of rotatable bonds is 5. The number of aryl methyl sites for hydroxylation is 1. The van der Waals surface area contributed by atoms with Crippen LogP contribution in [0.25, 0.3) is 0 Å². The minimum absolute atomic E-state index is 0.728. The van der Waals surface area contributed by atoms with Crippen LogP contribution >= 0.6 is 0 Å². The van der Waals surface area contributed by atoms with Gasteiger partial charge in [-0.2, -0.15) is 0 Å². The van der Waals surface area contributed by atoms with Crippen molar-refractivity contribution in [3.8, 4) is 0 Å². The van der Waals surface area contributed by atoms with Crippen LogP contribution in [0.5, 0.6) is 0 Å². The van der Waals surface area contributed by atoms with Crippen LogP contribution in [0.3, 0.4) is 0 Å². The summed E-state index contributed by atoms with van der Waals surface area (Å²) in [6.07, 6.45) is 3.81. The third-order valence-electron chi connectivity index (χ3n) is 6.27. The third-order valence-corrected chi connectivity index (χ3v) is 6.27. The van der Waals surface area contributed by atoms with Crippen molar-refractivity contribution >= 4 is 5.69 Å². The quantitative estimate of drug-likeness (QED) is 0.794. The van der Waals surface area contributed by atoms with E-state index in [1.54, 1.807) is 0 Å². The van der Waals surface area contributed by atoms with E-state index in [2.05, 4.69) is 76.2 Å². The van der Waals surface area contributed by atoms with E-state index in [9.17, 15) is 0 Å². The van der Waals surface area contributed by atoms with Gasteiger partial charge in [0.25, 0.3) is 0 Å². The lowest BCUT2D eigenvalue weighted by Gasteiger charge is -2.44. The molecule has 1 atom stereocenters. The van der Waals surface area contributed by atoms with E-state index in [0.29, 0.717) is 0 Å². The Labute approximate surface area is 164 Å². The molecule has 2 aromatic carbocycles. The van der Waals surface area contributed by atoms with Crippen molar-refractivity contribution in [3.63, 3.8) is 0 Å². The third kappa shape index (κ3) is 4.72. The average molecular weight is 364 g/mol. The fraction of sp³-hybridized carbons (Fsp3) is 0.500. The van der Waals surface area contributed by atoms with E-state index in [1.165, 1.54) is 55.8 Å². The van der Waals surface area contributed by atoms with Gasteiger partial charge in [0, 0.05) is 51.0 Å². The molecule has 0 aromatic heterocycles. The van der Waals surface area contributed by atoms with Gasteiger partial charge >= 0.3 is 0 Å². The molecule has 0 radical (unpaired) electrons. The standard InChI is InChI=1S/C24H33N3/c1-2-21-10-12-22(13-11-21)19-25-14-6-9-24(20-25)27-17-15-26(16-18-27)23-7-4-3-5-8-23/h3-5,7-8,10-13,24H,2,6,9,14-20H2,1H3. The zero-order valence-corrected chi connectivity index (χ0v) is 16.7. The van der Waals surface area contributed by atoms with Gasteiger partial charge in [0.2, 0.25) is 0 Å². The van der Waals surface area contributed by atoms with Crippen LogP contribution in [0.4, 0.5) is 5.69 Å². The van der Waals surface area contributed by atoms with E-state index in [0.717, 1.165) is 32.1 Å². The molecule has 27 heavy (non-hydrogen) atoms. The van der Waals surface area contributed by atoms with Crippen LogP contribution in [0.1, 0.15) is 30.9 Å². The van der Waals surface area contributed by atoms with Crippen molar-refractivity contribution in [1.82, 2.24) is 9.80 Å². The second-order valence-corrected chi connectivity index (χ2v) is 8.06. The average Bonchev–Trinajstić information content (AvgIpc) is 2.75. The molecule has 0 N–H and O–H groups in total. The summed E-state index contributed by atoms with van der Waals surface area (Å²) in [5.41, 5.74) is 4.27. The van der Waals surface area contributed by atoms with Gasteiger partial charge in [0.15, 0.2) is 0 Å². The summed E-state index contributed by atoms with van der Waals surface area (Å²) in [5.74, 6) is 0. The van der Waals surface area contributed by atoms with Crippen LogP contribution in [0.2, 0.25) is 0 Å². The molecule has 144 valence electrons. The maximum Gasteiger partial charge on any atom is 0.0367 e. The Morgan fingerprint density at radius 3 is 2.22 bits per heavy atom. The number of para-hydroxylation sites is 1. The number of hydrogen-bond acceptors (Lipinski definition) is 3. The number of benzene rings is 2. The molecule has 2 aliphatic heterocycles. The highest BCUT2D eigenvalue weighted by Gasteiger charge is 2.28. The second kappa shape index (κ2) is 8.90. The predicted octanol–water partition coefficient (Wildman–Crippen LogP) is 4.04. The molecule has 1 unspecified atom stereocenters. The summed E-state index contributed by atoms with van der Waals surface area (Å²) < 4.78 is 0. The summed E-state index contributed by atoms with van der Waals surface area (Å²) in [6.45, 7) is 10.5. The summed E-state index contributed by atoms with van der Waals surface area (Å²) in [5, 5.41) is 0. The highest BCUT2D eigenvalue weighted by molar-refractivity contribution is 5.46. The van der Waals surface area contributed by atoms with Gasteiger partial charge in [-0.25, -0.2) is 0 Å². The van der Waals surface area contributed by atoms with Gasteiger partial charge in [0.1, 0.15) is 0 Å². The van der Waals surface area contributed by atoms with Gasteiger partial charge in [-0.3, -0.25) is 9.80 Å². The molecule has 2 aliphatic rings. The predicted molar refractivity (Wildman–Crippen MR) is 114 cm³/mol. The molecule has 2 heterocycles. The van der Waals surface area contributed by atoms with Crippen LogP contribution in [-0.2, 0) is 13.0 Å². The Morgan fingerprint density at radius 2 is 1.52 bits per heavy atom. The number of anilines is 1. The van der Waals surface area contributed by atoms with Gasteiger partial charge in [-0.05, 0) is 49.1 Å². The van der Waals surface area contributed by atoms with E-state index in [1.807, 2.05) is 0 Å². The summed E-state index contributed by atoms with van der Waals surface area (Å²) >= 11 is 0. The first kappa shape index (κ1) is 18.5. The highest BCUT2D eigenvalue weighted by Crippen LogP contribution is 2.22. The highest BCUT2D eigenvalue weighted by atomic mass is 15.3. The molecule has 3 heteroatoms. The van der Waals surface area contributed by atoms with E-state index >= 15 is 0 Å². The number of hydrogen-bond donors (Lipinski definition) is 0. The van der Waals surface area contributed by atoms with E-state index in [4.69, 9.17) is 0 Å². The molecule has 2 saturated heterocycles. The molecule has 2 aromatic rings. The number of piperazine rings is 1. The number of nitrogens with zero attached hydrogens (tertiary/aromatic N) is 3. The van der Waals surface area contributed by atoms with Crippen molar-refractivity contribution < 1.29 is 0 Å². The van der Waals surface area contributed by atoms with E-state index < -0.39 is 0 Å². The minimum atomic E-state index is 0.728. The number of piperidine rings is 1. The summed E-state index contributed by atoms with van der Waals surface area (Å²) in [6, 6.07) is 20.8. The van der Waals surface area contributed by atoms with Crippen molar-refractivity contribution in [3.05, 3.63) is 65.7 Å². The lowest BCUT2D eigenvalue weighted by molar-refractivity contribution is 0.0888. The zero-order chi connectivity index (χ0) is 18.5. The molecule has 0 spiro atoms. The van der Waals surface area contributed by atoms with Crippen LogP contribution < -0.4 is 4.90 Å². The minimum Gasteiger partial charge on any atom is -0.369 e. The van der Waals surface area contributed by atoms with Gasteiger partial charge in [-0.15, -0.1) is 0 Å². The molecule has 0 saturated carbocycles. The van der Waals surface area contributed by atoms with Gasteiger partial charge < -0.3 is 4.90 Å². The van der Waals surface area contributed by atoms with E-state index in [-0.39, 0.29) is 0 Å². The topological polar surface area (TPSA) is 9.72 Å². The summed E-state index contributed by atoms with van der Waals surface area (Å²) in [7, 11) is 0. The Balaban J connectivity index is 1.29. The van der Waals surface area contributed by atoms with Crippen LogP contribution in [0.15, 0.2) is 54.6 Å². The fourth-order valence-electron chi connectivity index (χ4n) is 4.60. The largest absolute Gasteiger partial charge is 0.369 e. The number of likely N-dealkylation sites (tertiary alicyclic amines) is 1. The maximum absolute atomic E-state index is 2.74. The fourth-order valence-corrected chi connectivity index (χ4v) is 4.60. The Morgan fingerprint density at radius 1 is 0.815 bits per heavy atom. The molecule has 0 aliphatic carbocycles. The lowest BCUT2D eigenvalue weighted by atomic mass is 10.0. The molecular formula is C24H33N3. The Kier molecular flexibility index (Phi) is 6.10. The Hall–Kier alpha value is -1.84. The summed E-state index contributed by atoms with van der Waals surface area (Å²) in [4.78, 5) is 7.94. The van der Waals surface area contributed by atoms with Crippen molar-refractivity contribution in [1.29, 1.82) is 0 Å². The molecule has 4 rings (SSSR count). The first-order valence-electron chi connectivity index (χ1n) is 10.7. The first-order chi connectivity index (χ1) is 13.3. The van der Waals surface area contributed by atoms with Crippen LogP contribution in [-0.4, -0.2) is 55.1 Å². The normalized spacial score (nSPS) is 22.1. The molecular weight excluding hydrogens is 330 g/mol. The molecule has 3 nitrogen and oxygen atoms in total. The zero-order valence-electron chi connectivity index (χ0n) is 16.7. The first-order valence-corrected chi connectivity index (χ1v) is 10.7. The van der Waals surface area contributed by atoms with Gasteiger partial charge in [-0.1, -0.05) is 49.4 Å². The van der Waals surface area contributed by atoms with Crippen LogP contribution in [0, 0.1) is 0 Å².